The number of ether oxygens (including phenoxy) is 1. The Hall–Kier alpha value is -1.27. The van der Waals surface area contributed by atoms with Crippen molar-refractivity contribution in [2.75, 3.05) is 19.0 Å². The number of aliphatic hydroxyl groups is 1. The number of methoxy groups -OCH3 is 1. The van der Waals surface area contributed by atoms with E-state index in [1.54, 1.807) is 13.2 Å². The van der Waals surface area contributed by atoms with E-state index in [0.29, 0.717) is 11.4 Å². The molecule has 0 aromatic heterocycles. The molecule has 0 aliphatic carbocycles. The Morgan fingerprint density at radius 1 is 1.45 bits per heavy atom. The second-order valence-corrected chi connectivity index (χ2v) is 5.86. The molecule has 1 atom stereocenters. The van der Waals surface area contributed by atoms with Gasteiger partial charge in [0.15, 0.2) is 0 Å². The average molecular weight is 345 g/mol. The lowest BCUT2D eigenvalue weighted by Crippen LogP contribution is -2.37. The van der Waals surface area contributed by atoms with Crippen LogP contribution in [-0.2, 0) is 0 Å². The number of urea groups is 1. The van der Waals surface area contributed by atoms with E-state index in [1.807, 2.05) is 26.8 Å². The minimum atomic E-state index is -0.561. The lowest BCUT2D eigenvalue weighted by Gasteiger charge is -2.17. The van der Waals surface area contributed by atoms with Crippen molar-refractivity contribution in [1.82, 2.24) is 5.32 Å². The molecule has 20 heavy (non-hydrogen) atoms. The molecule has 2 amide bonds. The van der Waals surface area contributed by atoms with Gasteiger partial charge in [-0.3, -0.25) is 0 Å². The number of hydrogen-bond donors (Lipinski definition) is 3. The molecule has 0 aliphatic rings. The third-order valence-corrected chi connectivity index (χ3v) is 3.42. The van der Waals surface area contributed by atoms with Gasteiger partial charge in [0.1, 0.15) is 5.75 Å². The number of aliphatic hydroxyl groups excluding tert-OH is 1. The monoisotopic (exact) mass is 344 g/mol. The molecule has 0 aliphatic heterocycles. The minimum Gasteiger partial charge on any atom is -0.495 e. The molecule has 6 heteroatoms. The molecule has 0 saturated carbocycles. The molecule has 112 valence electrons. The number of halogens is 1. The first-order chi connectivity index (χ1) is 9.35. The van der Waals surface area contributed by atoms with Crippen molar-refractivity contribution < 1.29 is 14.6 Å². The fraction of sp³-hybridized carbons (Fsp3) is 0.500. The fourth-order valence-electron chi connectivity index (χ4n) is 1.62. The number of amides is 2. The predicted molar refractivity (Wildman–Crippen MR) is 83.3 cm³/mol. The molecule has 1 aromatic rings. The Kier molecular flexibility index (Phi) is 6.29. The molecule has 0 heterocycles. The van der Waals surface area contributed by atoms with Crippen LogP contribution in [0, 0.1) is 12.8 Å². The van der Waals surface area contributed by atoms with E-state index in [0.717, 1.165) is 10.0 Å². The third kappa shape index (κ3) is 4.68. The summed E-state index contributed by atoms with van der Waals surface area (Å²) in [5, 5.41) is 15.0. The summed E-state index contributed by atoms with van der Waals surface area (Å²) in [4.78, 5) is 11.8. The molecule has 0 bridgehead atoms. The molecule has 5 nitrogen and oxygen atoms in total. The van der Waals surface area contributed by atoms with Gasteiger partial charge in [0, 0.05) is 11.0 Å². The van der Waals surface area contributed by atoms with Crippen LogP contribution in [0.15, 0.2) is 16.6 Å². The predicted octanol–water partition coefficient (Wildman–Crippen LogP) is 2.90. The van der Waals surface area contributed by atoms with Gasteiger partial charge in [0.25, 0.3) is 0 Å². The summed E-state index contributed by atoms with van der Waals surface area (Å²) in [5.41, 5.74) is 1.50. The zero-order valence-corrected chi connectivity index (χ0v) is 13.7. The van der Waals surface area contributed by atoms with Gasteiger partial charge in [-0.2, -0.15) is 0 Å². The van der Waals surface area contributed by atoms with E-state index < -0.39 is 6.10 Å². The van der Waals surface area contributed by atoms with Gasteiger partial charge in [-0.25, -0.2) is 4.79 Å². The molecule has 0 spiro atoms. The fourth-order valence-corrected chi connectivity index (χ4v) is 2.18. The van der Waals surface area contributed by atoms with Crippen molar-refractivity contribution in [1.29, 1.82) is 0 Å². The van der Waals surface area contributed by atoms with Gasteiger partial charge >= 0.3 is 6.03 Å². The van der Waals surface area contributed by atoms with E-state index in [1.165, 1.54) is 0 Å². The van der Waals surface area contributed by atoms with Crippen LogP contribution in [0.5, 0.6) is 5.75 Å². The second kappa shape index (κ2) is 7.50. The molecule has 3 N–H and O–H groups in total. The van der Waals surface area contributed by atoms with Gasteiger partial charge < -0.3 is 20.5 Å². The van der Waals surface area contributed by atoms with Gasteiger partial charge in [-0.15, -0.1) is 0 Å². The van der Waals surface area contributed by atoms with Crippen LogP contribution in [0.3, 0.4) is 0 Å². The summed E-state index contributed by atoms with van der Waals surface area (Å²) in [6.45, 7) is 5.88. The maximum absolute atomic E-state index is 11.8. The molecule has 0 radical (unpaired) electrons. The normalized spacial score (nSPS) is 12.2. The minimum absolute atomic E-state index is 0.0965. The van der Waals surface area contributed by atoms with Crippen molar-refractivity contribution in [2.45, 2.75) is 26.9 Å². The Labute approximate surface area is 127 Å². The highest BCUT2D eigenvalue weighted by Gasteiger charge is 2.14. The summed E-state index contributed by atoms with van der Waals surface area (Å²) >= 11 is 3.38. The third-order valence-electron chi connectivity index (χ3n) is 2.96. The van der Waals surface area contributed by atoms with Gasteiger partial charge in [0.05, 0.1) is 18.9 Å². The van der Waals surface area contributed by atoms with E-state index in [-0.39, 0.29) is 18.5 Å². The van der Waals surface area contributed by atoms with E-state index >= 15 is 0 Å². The summed E-state index contributed by atoms with van der Waals surface area (Å²) in [6, 6.07) is 3.31. The van der Waals surface area contributed by atoms with Gasteiger partial charge in [-0.05, 0) is 30.5 Å². The number of carbonyl (C=O) groups excluding carboxylic acids is 1. The first kappa shape index (κ1) is 16.8. The maximum atomic E-state index is 11.8. The van der Waals surface area contributed by atoms with Gasteiger partial charge in [0.2, 0.25) is 0 Å². The van der Waals surface area contributed by atoms with Crippen molar-refractivity contribution >= 4 is 27.6 Å². The Balaban J connectivity index is 2.71. The zero-order chi connectivity index (χ0) is 15.3. The van der Waals surface area contributed by atoms with Crippen LogP contribution in [0.2, 0.25) is 0 Å². The smallest absolute Gasteiger partial charge is 0.319 e. The first-order valence-corrected chi connectivity index (χ1v) is 7.21. The van der Waals surface area contributed by atoms with Crippen LogP contribution in [0.25, 0.3) is 0 Å². The highest BCUT2D eigenvalue weighted by molar-refractivity contribution is 9.10. The molecular weight excluding hydrogens is 324 g/mol. The van der Waals surface area contributed by atoms with E-state index in [4.69, 9.17) is 4.74 Å². The largest absolute Gasteiger partial charge is 0.495 e. The number of aryl methyl sites for hydroxylation is 1. The lowest BCUT2D eigenvalue weighted by molar-refractivity contribution is 0.126. The number of rotatable bonds is 5. The average Bonchev–Trinajstić information content (AvgIpc) is 2.38. The van der Waals surface area contributed by atoms with Crippen LogP contribution in [-0.4, -0.2) is 30.9 Å². The number of hydrogen-bond acceptors (Lipinski definition) is 3. The summed E-state index contributed by atoms with van der Waals surface area (Å²) in [5.74, 6) is 0.677. The van der Waals surface area contributed by atoms with Crippen molar-refractivity contribution in [3.8, 4) is 5.75 Å². The molecule has 1 aromatic carbocycles. The molecule has 0 saturated heterocycles. The van der Waals surface area contributed by atoms with E-state index in [2.05, 4.69) is 26.6 Å². The molecule has 1 rings (SSSR count). The summed E-state index contributed by atoms with van der Waals surface area (Å²) in [7, 11) is 1.55. The van der Waals surface area contributed by atoms with E-state index in [9.17, 15) is 9.90 Å². The zero-order valence-electron chi connectivity index (χ0n) is 12.2. The number of carbonyl (C=O) groups is 1. The summed E-state index contributed by atoms with van der Waals surface area (Å²) < 4.78 is 6.13. The number of nitrogens with one attached hydrogen (secondary N) is 2. The van der Waals surface area contributed by atoms with Crippen LogP contribution in [0.4, 0.5) is 10.5 Å². The van der Waals surface area contributed by atoms with Crippen LogP contribution >= 0.6 is 15.9 Å². The standard InChI is InChI=1S/C14H21BrN2O3/c1-8(2)11(18)7-16-14(19)17-13-9(3)5-10(15)6-12(13)20-4/h5-6,8,11,18H,7H2,1-4H3,(H2,16,17,19)/t11-/m1/s1. The maximum Gasteiger partial charge on any atom is 0.319 e. The first-order valence-electron chi connectivity index (χ1n) is 6.42. The van der Waals surface area contributed by atoms with Gasteiger partial charge in [-0.1, -0.05) is 29.8 Å². The second-order valence-electron chi connectivity index (χ2n) is 4.95. The molecule has 0 unspecified atom stereocenters. The topological polar surface area (TPSA) is 70.6 Å². The number of anilines is 1. The SMILES string of the molecule is COc1cc(Br)cc(C)c1NC(=O)NC[C@@H](O)C(C)C. The van der Waals surface area contributed by atoms with Crippen molar-refractivity contribution in [3.05, 3.63) is 22.2 Å². The highest BCUT2D eigenvalue weighted by atomic mass is 79.9. The van der Waals surface area contributed by atoms with Crippen molar-refractivity contribution in [3.63, 3.8) is 0 Å². The van der Waals surface area contributed by atoms with Crippen LogP contribution in [0.1, 0.15) is 19.4 Å². The highest BCUT2D eigenvalue weighted by Crippen LogP contribution is 2.31. The Morgan fingerprint density at radius 3 is 2.65 bits per heavy atom. The molecular formula is C14H21BrN2O3. The quantitative estimate of drug-likeness (QED) is 0.769. The Bertz CT molecular complexity index is 478. The molecule has 0 fully saturated rings. The Morgan fingerprint density at radius 2 is 2.10 bits per heavy atom. The van der Waals surface area contributed by atoms with Crippen LogP contribution < -0.4 is 15.4 Å². The lowest BCUT2D eigenvalue weighted by atomic mass is 10.1. The summed E-state index contributed by atoms with van der Waals surface area (Å²) in [6.07, 6.45) is -0.561. The number of benzene rings is 1. The van der Waals surface area contributed by atoms with Crippen molar-refractivity contribution in [2.24, 2.45) is 5.92 Å².